The summed E-state index contributed by atoms with van der Waals surface area (Å²) >= 11 is 0. The van der Waals surface area contributed by atoms with Crippen LogP contribution in [0.5, 0.6) is 5.75 Å². The van der Waals surface area contributed by atoms with Gasteiger partial charge in [0.2, 0.25) is 0 Å². The van der Waals surface area contributed by atoms with Gasteiger partial charge in [0.05, 0.1) is 6.42 Å². The summed E-state index contributed by atoms with van der Waals surface area (Å²) in [5.74, 6) is -2.85. The Kier molecular flexibility index (Phi) is 5.11. The molecular formula is C21H19F2N3O4. The first-order valence-electron chi connectivity index (χ1n) is 9.47. The number of halogens is 2. The highest BCUT2D eigenvalue weighted by atomic mass is 19.1. The van der Waals surface area contributed by atoms with Crippen LogP contribution in [0.3, 0.4) is 0 Å². The molecule has 2 heterocycles. The molecule has 0 aromatic heterocycles. The summed E-state index contributed by atoms with van der Waals surface area (Å²) in [7, 11) is 0. The van der Waals surface area contributed by atoms with E-state index < -0.39 is 23.4 Å². The molecule has 1 fully saturated rings. The standard InChI is InChI=1S/C21H19F2N3O4/c1-12-11-25(4-5-26(12)17-8-14(22)7-15(23)9-17)21(29)20(28)24-16-3-2-13-6-19(27)30-18(13)10-16/h2-3,7-10,12H,4-6,11H2,1H3,(H,24,28)/t12-/m1/s1. The average Bonchev–Trinajstić information content (AvgIpc) is 3.05. The molecule has 7 nitrogen and oxygen atoms in total. The molecule has 1 atom stereocenters. The summed E-state index contributed by atoms with van der Waals surface area (Å²) in [5, 5.41) is 2.52. The Morgan fingerprint density at radius 2 is 1.83 bits per heavy atom. The normalized spacial score (nSPS) is 18.1. The molecule has 1 N–H and O–H groups in total. The molecule has 4 rings (SSSR count). The molecule has 2 amide bonds. The molecule has 30 heavy (non-hydrogen) atoms. The van der Waals surface area contributed by atoms with Gasteiger partial charge >= 0.3 is 17.8 Å². The molecule has 0 radical (unpaired) electrons. The molecule has 0 spiro atoms. The van der Waals surface area contributed by atoms with E-state index in [4.69, 9.17) is 4.74 Å². The highest BCUT2D eigenvalue weighted by molar-refractivity contribution is 6.39. The van der Waals surface area contributed by atoms with Gasteiger partial charge in [-0.25, -0.2) is 8.78 Å². The lowest BCUT2D eigenvalue weighted by molar-refractivity contribution is -0.143. The van der Waals surface area contributed by atoms with Crippen molar-refractivity contribution in [3.8, 4) is 5.75 Å². The molecule has 0 saturated carbocycles. The number of carbonyl (C=O) groups is 3. The maximum Gasteiger partial charge on any atom is 0.315 e. The fourth-order valence-corrected chi connectivity index (χ4v) is 3.75. The molecular weight excluding hydrogens is 396 g/mol. The van der Waals surface area contributed by atoms with Crippen LogP contribution in [-0.4, -0.2) is 48.4 Å². The van der Waals surface area contributed by atoms with Crippen molar-refractivity contribution in [3.05, 3.63) is 53.6 Å². The smallest absolute Gasteiger partial charge is 0.315 e. The van der Waals surface area contributed by atoms with Crippen molar-refractivity contribution in [2.75, 3.05) is 29.9 Å². The maximum atomic E-state index is 13.5. The van der Waals surface area contributed by atoms with E-state index in [9.17, 15) is 23.2 Å². The summed E-state index contributed by atoms with van der Waals surface area (Å²) in [5.41, 5.74) is 1.47. The van der Waals surface area contributed by atoms with E-state index in [-0.39, 0.29) is 31.5 Å². The Hall–Kier alpha value is -3.49. The topological polar surface area (TPSA) is 79.0 Å². The van der Waals surface area contributed by atoms with Crippen LogP contribution < -0.4 is 15.0 Å². The summed E-state index contributed by atoms with van der Waals surface area (Å²) in [6.07, 6.45) is 0.180. The minimum atomic E-state index is -0.809. The van der Waals surface area contributed by atoms with Gasteiger partial charge in [-0.15, -0.1) is 0 Å². The van der Waals surface area contributed by atoms with Crippen LogP contribution in [-0.2, 0) is 20.8 Å². The van der Waals surface area contributed by atoms with Gasteiger partial charge in [0, 0.05) is 54.7 Å². The second-order valence-electron chi connectivity index (χ2n) is 7.35. The summed E-state index contributed by atoms with van der Waals surface area (Å²) in [4.78, 5) is 39.5. The van der Waals surface area contributed by atoms with Crippen LogP contribution in [0.4, 0.5) is 20.2 Å². The zero-order valence-electron chi connectivity index (χ0n) is 16.2. The number of anilines is 2. The number of hydrogen-bond acceptors (Lipinski definition) is 5. The van der Waals surface area contributed by atoms with E-state index in [1.165, 1.54) is 23.1 Å². The third-order valence-corrected chi connectivity index (χ3v) is 5.17. The zero-order valence-corrected chi connectivity index (χ0v) is 16.2. The number of benzene rings is 2. The second kappa shape index (κ2) is 7.74. The molecule has 2 aliphatic rings. The molecule has 9 heteroatoms. The van der Waals surface area contributed by atoms with Crippen molar-refractivity contribution < 1.29 is 27.9 Å². The fourth-order valence-electron chi connectivity index (χ4n) is 3.75. The molecule has 2 aliphatic heterocycles. The van der Waals surface area contributed by atoms with E-state index >= 15 is 0 Å². The minimum Gasteiger partial charge on any atom is -0.426 e. The lowest BCUT2D eigenvalue weighted by Gasteiger charge is -2.41. The maximum absolute atomic E-state index is 13.5. The minimum absolute atomic E-state index is 0.180. The van der Waals surface area contributed by atoms with Crippen molar-refractivity contribution in [3.63, 3.8) is 0 Å². The van der Waals surface area contributed by atoms with E-state index in [2.05, 4.69) is 5.32 Å². The van der Waals surface area contributed by atoms with Crippen LogP contribution in [0.15, 0.2) is 36.4 Å². The third kappa shape index (κ3) is 3.96. The van der Waals surface area contributed by atoms with Crippen LogP contribution in [0, 0.1) is 11.6 Å². The van der Waals surface area contributed by atoms with Crippen LogP contribution in [0.1, 0.15) is 12.5 Å². The van der Waals surface area contributed by atoms with Crippen LogP contribution in [0.25, 0.3) is 0 Å². The van der Waals surface area contributed by atoms with Gasteiger partial charge in [-0.05, 0) is 25.1 Å². The Balaban J connectivity index is 1.39. The lowest BCUT2D eigenvalue weighted by Crippen LogP contribution is -2.55. The van der Waals surface area contributed by atoms with Gasteiger partial charge in [0.25, 0.3) is 0 Å². The van der Waals surface area contributed by atoms with Gasteiger partial charge in [-0.3, -0.25) is 14.4 Å². The van der Waals surface area contributed by atoms with E-state index in [0.717, 1.165) is 11.6 Å². The van der Waals surface area contributed by atoms with Gasteiger partial charge in [-0.2, -0.15) is 0 Å². The second-order valence-corrected chi connectivity index (χ2v) is 7.35. The van der Waals surface area contributed by atoms with Crippen molar-refractivity contribution >= 4 is 29.2 Å². The Morgan fingerprint density at radius 1 is 1.10 bits per heavy atom. The molecule has 156 valence electrons. The number of amides is 2. The number of hydrogen-bond donors (Lipinski definition) is 1. The predicted molar refractivity (Wildman–Crippen MR) is 104 cm³/mol. The largest absolute Gasteiger partial charge is 0.426 e. The molecule has 1 saturated heterocycles. The van der Waals surface area contributed by atoms with Crippen LogP contribution >= 0.6 is 0 Å². The Bertz CT molecular complexity index is 1020. The van der Waals surface area contributed by atoms with Gasteiger partial charge in [0.1, 0.15) is 17.4 Å². The number of ether oxygens (including phenoxy) is 1. The number of carbonyl (C=O) groups excluding carboxylic acids is 3. The van der Waals surface area contributed by atoms with Crippen molar-refractivity contribution in [2.24, 2.45) is 0 Å². The molecule has 2 aromatic carbocycles. The zero-order chi connectivity index (χ0) is 21.4. The SMILES string of the molecule is C[C@@H]1CN(C(=O)C(=O)Nc2ccc3c(c2)OC(=O)C3)CCN1c1cc(F)cc(F)c1. The summed E-state index contributed by atoms with van der Waals surface area (Å²) in [6, 6.07) is 7.82. The average molecular weight is 415 g/mol. The number of piperazine rings is 1. The van der Waals surface area contributed by atoms with E-state index in [1.807, 2.05) is 6.92 Å². The molecule has 0 unspecified atom stereocenters. The predicted octanol–water partition coefficient (Wildman–Crippen LogP) is 2.10. The highest BCUT2D eigenvalue weighted by Gasteiger charge is 2.31. The lowest BCUT2D eigenvalue weighted by atomic mass is 10.1. The summed E-state index contributed by atoms with van der Waals surface area (Å²) < 4.78 is 32.1. The molecule has 0 bridgehead atoms. The molecule has 0 aliphatic carbocycles. The number of rotatable bonds is 2. The third-order valence-electron chi connectivity index (χ3n) is 5.17. The Morgan fingerprint density at radius 3 is 2.53 bits per heavy atom. The van der Waals surface area contributed by atoms with E-state index in [1.54, 1.807) is 17.0 Å². The number of esters is 1. The van der Waals surface area contributed by atoms with Gasteiger partial charge in [0.15, 0.2) is 0 Å². The first kappa shape index (κ1) is 19.8. The number of fused-ring (bicyclic) bond motifs is 1. The van der Waals surface area contributed by atoms with Gasteiger partial charge in [-0.1, -0.05) is 6.07 Å². The van der Waals surface area contributed by atoms with Gasteiger partial charge < -0.3 is 19.9 Å². The van der Waals surface area contributed by atoms with Crippen molar-refractivity contribution in [1.29, 1.82) is 0 Å². The number of nitrogens with zero attached hydrogens (tertiary/aromatic N) is 2. The van der Waals surface area contributed by atoms with Crippen molar-refractivity contribution in [2.45, 2.75) is 19.4 Å². The molecule has 2 aromatic rings. The Labute approximate surface area is 171 Å². The van der Waals surface area contributed by atoms with E-state index in [0.29, 0.717) is 23.7 Å². The highest BCUT2D eigenvalue weighted by Crippen LogP contribution is 2.29. The first-order chi connectivity index (χ1) is 14.3. The summed E-state index contributed by atoms with van der Waals surface area (Å²) in [6.45, 7) is 2.61. The number of nitrogens with one attached hydrogen (secondary N) is 1. The van der Waals surface area contributed by atoms with Crippen LogP contribution in [0.2, 0.25) is 0 Å². The quantitative estimate of drug-likeness (QED) is 0.462. The first-order valence-corrected chi connectivity index (χ1v) is 9.47. The van der Waals surface area contributed by atoms with Crippen molar-refractivity contribution in [1.82, 2.24) is 4.90 Å². The monoisotopic (exact) mass is 415 g/mol. The fraction of sp³-hybridized carbons (Fsp3) is 0.286.